The van der Waals surface area contributed by atoms with Gasteiger partial charge in [0.2, 0.25) is 5.91 Å². The molecular weight excluding hydrogens is 360 g/mol. The first-order valence-corrected chi connectivity index (χ1v) is 10.1. The molecule has 1 aromatic carbocycles. The van der Waals surface area contributed by atoms with Crippen LogP contribution in [0.1, 0.15) is 45.4 Å². The summed E-state index contributed by atoms with van der Waals surface area (Å²) in [6.45, 7) is 1.92. The van der Waals surface area contributed by atoms with E-state index in [1.54, 1.807) is 28.9 Å². The Hall–Kier alpha value is -2.57. The van der Waals surface area contributed by atoms with E-state index >= 15 is 0 Å². The van der Waals surface area contributed by atoms with E-state index in [2.05, 4.69) is 0 Å². The third-order valence-corrected chi connectivity index (χ3v) is 6.28. The van der Waals surface area contributed by atoms with Crippen molar-refractivity contribution in [1.29, 1.82) is 0 Å². The number of amides is 2. The van der Waals surface area contributed by atoms with Crippen LogP contribution in [0.4, 0.5) is 5.69 Å². The molecule has 1 saturated heterocycles. The Balaban J connectivity index is 1.50. The lowest BCUT2D eigenvalue weighted by Crippen LogP contribution is -2.49. The number of ether oxygens (including phenoxy) is 1. The Bertz CT molecular complexity index is 795. The van der Waals surface area contributed by atoms with E-state index in [0.717, 1.165) is 25.7 Å². The zero-order chi connectivity index (χ0) is 19.8. The Labute approximate surface area is 164 Å². The molecule has 1 saturated carbocycles. The zero-order valence-corrected chi connectivity index (χ0v) is 16.0. The summed E-state index contributed by atoms with van der Waals surface area (Å²) in [5.41, 5.74) is 0.658. The maximum Gasteiger partial charge on any atom is 0.326 e. The Morgan fingerprint density at radius 1 is 1.21 bits per heavy atom. The Morgan fingerprint density at radius 3 is 2.75 bits per heavy atom. The number of hydrogen-bond acceptors (Lipinski definition) is 4. The van der Waals surface area contributed by atoms with E-state index < -0.39 is 18.1 Å². The average molecular weight is 386 g/mol. The van der Waals surface area contributed by atoms with Crippen LogP contribution in [-0.4, -0.2) is 52.5 Å². The topological polar surface area (TPSA) is 87.2 Å². The molecule has 150 valence electrons. The van der Waals surface area contributed by atoms with Gasteiger partial charge in [-0.05, 0) is 44.2 Å². The first-order valence-electron chi connectivity index (χ1n) is 10.1. The predicted octanol–water partition coefficient (Wildman–Crippen LogP) is 2.43. The molecule has 0 bridgehead atoms. The summed E-state index contributed by atoms with van der Waals surface area (Å²) in [7, 11) is 0. The van der Waals surface area contributed by atoms with Gasteiger partial charge >= 0.3 is 5.97 Å². The standard InChI is InChI=1S/C21H26N2O5/c1-13-20(25)22(16-8-4-5-9-18(16)28-13)11-10-19(24)23-15-7-3-2-6-14(15)12-17(23)21(26)27/h4-5,8-9,13-15,17H,2-3,6-7,10-12H2,1H3,(H,26,27). The summed E-state index contributed by atoms with van der Waals surface area (Å²) in [4.78, 5) is 40.6. The quantitative estimate of drug-likeness (QED) is 0.859. The van der Waals surface area contributed by atoms with Gasteiger partial charge in [0.25, 0.3) is 5.91 Å². The van der Waals surface area contributed by atoms with E-state index in [1.807, 2.05) is 12.1 Å². The summed E-state index contributed by atoms with van der Waals surface area (Å²) in [6.07, 6.45) is 4.05. The minimum atomic E-state index is -0.927. The van der Waals surface area contributed by atoms with Crippen molar-refractivity contribution in [3.8, 4) is 5.75 Å². The Morgan fingerprint density at radius 2 is 1.96 bits per heavy atom. The highest BCUT2D eigenvalue weighted by Crippen LogP contribution is 2.40. The van der Waals surface area contributed by atoms with Crippen molar-refractivity contribution < 1.29 is 24.2 Å². The number of anilines is 1. The minimum Gasteiger partial charge on any atom is -0.480 e. The van der Waals surface area contributed by atoms with Crippen molar-refractivity contribution in [2.24, 2.45) is 5.92 Å². The maximum absolute atomic E-state index is 13.1. The van der Waals surface area contributed by atoms with Crippen molar-refractivity contribution in [2.45, 2.75) is 63.6 Å². The highest BCUT2D eigenvalue weighted by Gasteiger charge is 2.47. The molecule has 4 rings (SSSR count). The number of nitrogens with zero attached hydrogens (tertiary/aromatic N) is 2. The van der Waals surface area contributed by atoms with E-state index in [-0.39, 0.29) is 36.7 Å². The molecule has 4 atom stereocenters. The van der Waals surface area contributed by atoms with Crippen LogP contribution in [0, 0.1) is 5.92 Å². The van der Waals surface area contributed by atoms with Crippen LogP contribution in [0.15, 0.2) is 24.3 Å². The number of benzene rings is 1. The van der Waals surface area contributed by atoms with Gasteiger partial charge in [0, 0.05) is 19.0 Å². The molecule has 3 aliphatic rings. The normalized spacial score (nSPS) is 29.1. The van der Waals surface area contributed by atoms with Crippen LogP contribution < -0.4 is 9.64 Å². The molecule has 28 heavy (non-hydrogen) atoms. The smallest absolute Gasteiger partial charge is 0.326 e. The van der Waals surface area contributed by atoms with Gasteiger partial charge in [-0.25, -0.2) is 4.79 Å². The molecule has 0 aromatic heterocycles. The number of carbonyl (C=O) groups excluding carboxylic acids is 2. The lowest BCUT2D eigenvalue weighted by molar-refractivity contribution is -0.149. The summed E-state index contributed by atoms with van der Waals surface area (Å²) in [5.74, 6) is -0.378. The molecule has 7 nitrogen and oxygen atoms in total. The fraction of sp³-hybridized carbons (Fsp3) is 0.571. The second-order valence-electron chi connectivity index (χ2n) is 7.97. The van der Waals surface area contributed by atoms with Crippen LogP contribution in [0.2, 0.25) is 0 Å². The molecule has 0 radical (unpaired) electrons. The van der Waals surface area contributed by atoms with Gasteiger partial charge in [-0.15, -0.1) is 0 Å². The second-order valence-corrected chi connectivity index (χ2v) is 7.97. The van der Waals surface area contributed by atoms with Gasteiger partial charge in [0.1, 0.15) is 11.8 Å². The van der Waals surface area contributed by atoms with Gasteiger partial charge in [-0.3, -0.25) is 9.59 Å². The molecule has 2 amide bonds. The van der Waals surface area contributed by atoms with Gasteiger partial charge in [0.05, 0.1) is 5.69 Å². The SMILES string of the molecule is CC1Oc2ccccc2N(CCC(=O)N2C(C(=O)O)CC3CCCCC32)C1=O. The highest BCUT2D eigenvalue weighted by molar-refractivity contribution is 6.00. The molecule has 2 aliphatic heterocycles. The summed E-state index contributed by atoms with van der Waals surface area (Å²) in [6, 6.07) is 6.56. The largest absolute Gasteiger partial charge is 0.480 e. The number of para-hydroxylation sites is 2. The first kappa shape index (κ1) is 18.8. The molecule has 1 aliphatic carbocycles. The number of hydrogen-bond donors (Lipinski definition) is 1. The summed E-state index contributed by atoms with van der Waals surface area (Å²) >= 11 is 0. The monoisotopic (exact) mass is 386 g/mol. The van der Waals surface area contributed by atoms with Gasteiger partial charge in [-0.2, -0.15) is 0 Å². The van der Waals surface area contributed by atoms with Crippen LogP contribution in [0.3, 0.4) is 0 Å². The third kappa shape index (κ3) is 3.23. The first-order chi connectivity index (χ1) is 13.5. The van der Waals surface area contributed by atoms with E-state index in [0.29, 0.717) is 17.9 Å². The number of carboxylic acids is 1. The van der Waals surface area contributed by atoms with Crippen LogP contribution in [0.5, 0.6) is 5.75 Å². The molecule has 2 heterocycles. The Kier molecular flexibility index (Phi) is 5.00. The molecule has 2 fully saturated rings. The van der Waals surface area contributed by atoms with E-state index in [9.17, 15) is 19.5 Å². The summed E-state index contributed by atoms with van der Waals surface area (Å²) < 4.78 is 5.64. The van der Waals surface area contributed by atoms with Gasteiger partial charge in [0.15, 0.2) is 6.10 Å². The highest BCUT2D eigenvalue weighted by atomic mass is 16.5. The van der Waals surface area contributed by atoms with Crippen molar-refractivity contribution >= 4 is 23.5 Å². The molecule has 1 N–H and O–H groups in total. The van der Waals surface area contributed by atoms with Gasteiger partial charge in [-0.1, -0.05) is 25.0 Å². The predicted molar refractivity (Wildman–Crippen MR) is 102 cm³/mol. The molecule has 4 unspecified atom stereocenters. The van der Waals surface area contributed by atoms with E-state index in [1.165, 1.54) is 0 Å². The van der Waals surface area contributed by atoms with Gasteiger partial charge < -0.3 is 19.6 Å². The molecule has 0 spiro atoms. The van der Waals surface area contributed by atoms with Crippen molar-refractivity contribution in [1.82, 2.24) is 4.90 Å². The lowest BCUT2D eigenvalue weighted by Gasteiger charge is -2.35. The van der Waals surface area contributed by atoms with Crippen LogP contribution in [0.25, 0.3) is 0 Å². The zero-order valence-electron chi connectivity index (χ0n) is 16.0. The van der Waals surface area contributed by atoms with Crippen molar-refractivity contribution in [2.75, 3.05) is 11.4 Å². The fourth-order valence-electron chi connectivity index (χ4n) is 4.97. The van der Waals surface area contributed by atoms with Crippen LogP contribution in [-0.2, 0) is 14.4 Å². The number of carbonyl (C=O) groups is 3. The van der Waals surface area contributed by atoms with Crippen molar-refractivity contribution in [3.63, 3.8) is 0 Å². The van der Waals surface area contributed by atoms with E-state index in [4.69, 9.17) is 4.74 Å². The lowest BCUT2D eigenvalue weighted by atomic mass is 9.84. The number of aliphatic carboxylic acids is 1. The summed E-state index contributed by atoms with van der Waals surface area (Å²) in [5, 5.41) is 9.63. The minimum absolute atomic E-state index is 0.0222. The third-order valence-electron chi connectivity index (χ3n) is 6.28. The van der Waals surface area contributed by atoms with Crippen molar-refractivity contribution in [3.05, 3.63) is 24.3 Å². The maximum atomic E-state index is 13.1. The molecular formula is C21H26N2O5. The fourth-order valence-corrected chi connectivity index (χ4v) is 4.97. The number of likely N-dealkylation sites (tertiary alicyclic amines) is 1. The van der Waals surface area contributed by atoms with Crippen LogP contribution >= 0.6 is 0 Å². The number of carboxylic acid groups (broad SMARTS) is 1. The second kappa shape index (κ2) is 7.45. The number of rotatable bonds is 4. The molecule has 7 heteroatoms. The number of fused-ring (bicyclic) bond motifs is 2. The molecule has 1 aromatic rings. The average Bonchev–Trinajstić information content (AvgIpc) is 3.08.